The van der Waals surface area contributed by atoms with Crippen LogP contribution in [0.2, 0.25) is 0 Å². The quantitative estimate of drug-likeness (QED) is 0.729. The molecule has 3 aromatic rings. The fourth-order valence-corrected chi connectivity index (χ4v) is 3.77. The summed E-state index contributed by atoms with van der Waals surface area (Å²) in [4.78, 5) is 18.5. The van der Waals surface area contributed by atoms with Crippen LogP contribution in [0.1, 0.15) is 34.8 Å². The van der Waals surface area contributed by atoms with Gasteiger partial charge in [-0.15, -0.1) is 0 Å². The fourth-order valence-electron chi connectivity index (χ4n) is 3.77. The van der Waals surface area contributed by atoms with Gasteiger partial charge in [-0.25, -0.2) is 9.37 Å². The van der Waals surface area contributed by atoms with Gasteiger partial charge in [0.1, 0.15) is 11.6 Å². The van der Waals surface area contributed by atoms with Crippen LogP contribution in [0.5, 0.6) is 0 Å². The largest absolute Gasteiger partial charge is 0.357 e. The molecule has 7 heteroatoms. The predicted octanol–water partition coefficient (Wildman–Crippen LogP) is 3.35. The highest BCUT2D eigenvalue weighted by molar-refractivity contribution is 5.94. The number of carbonyl (C=O) groups is 1. The molecule has 2 aromatic heterocycles. The average Bonchev–Trinajstić information content (AvgIpc) is 3.23. The van der Waals surface area contributed by atoms with Gasteiger partial charge < -0.3 is 10.2 Å². The van der Waals surface area contributed by atoms with E-state index in [4.69, 9.17) is 0 Å². The summed E-state index contributed by atoms with van der Waals surface area (Å²) < 4.78 is 13.6. The maximum atomic E-state index is 13.6. The van der Waals surface area contributed by atoms with Crippen molar-refractivity contribution in [2.45, 2.75) is 18.8 Å². The molecule has 4 rings (SSSR count). The molecular weight excluding hydrogens is 357 g/mol. The number of benzene rings is 1. The van der Waals surface area contributed by atoms with Gasteiger partial charge in [-0.2, -0.15) is 5.10 Å². The van der Waals surface area contributed by atoms with Crippen molar-refractivity contribution in [3.05, 3.63) is 65.9 Å². The fraction of sp³-hybridized carbons (Fsp3) is 0.286. The van der Waals surface area contributed by atoms with E-state index in [1.165, 1.54) is 12.1 Å². The van der Waals surface area contributed by atoms with Gasteiger partial charge in [-0.1, -0.05) is 12.1 Å². The summed E-state index contributed by atoms with van der Waals surface area (Å²) in [7, 11) is 1.62. The van der Waals surface area contributed by atoms with Crippen LogP contribution in [0.3, 0.4) is 0 Å². The van der Waals surface area contributed by atoms with Crippen molar-refractivity contribution in [1.82, 2.24) is 20.5 Å². The van der Waals surface area contributed by atoms with Crippen molar-refractivity contribution < 1.29 is 9.18 Å². The van der Waals surface area contributed by atoms with Crippen LogP contribution in [0, 0.1) is 5.82 Å². The van der Waals surface area contributed by atoms with Crippen LogP contribution < -0.4 is 10.2 Å². The molecule has 1 fully saturated rings. The van der Waals surface area contributed by atoms with Crippen molar-refractivity contribution in [3.63, 3.8) is 0 Å². The maximum Gasteiger partial charge on any atom is 0.251 e. The Balaban J connectivity index is 1.49. The first-order valence-electron chi connectivity index (χ1n) is 9.38. The highest BCUT2D eigenvalue weighted by Crippen LogP contribution is 2.35. The van der Waals surface area contributed by atoms with Crippen molar-refractivity contribution in [3.8, 4) is 11.1 Å². The molecule has 6 nitrogen and oxygen atoms in total. The smallest absolute Gasteiger partial charge is 0.251 e. The number of halogens is 1. The minimum absolute atomic E-state index is 0.115. The van der Waals surface area contributed by atoms with E-state index in [1.54, 1.807) is 31.6 Å². The van der Waals surface area contributed by atoms with Gasteiger partial charge in [0.05, 0.1) is 6.20 Å². The molecule has 0 bridgehead atoms. The number of piperidine rings is 1. The summed E-state index contributed by atoms with van der Waals surface area (Å²) in [6.45, 7) is 1.66. The Bertz CT molecular complexity index is 978. The molecule has 1 aliphatic heterocycles. The summed E-state index contributed by atoms with van der Waals surface area (Å²) in [6, 6.07) is 10.1. The molecule has 0 atom stereocenters. The Kier molecular flexibility index (Phi) is 5.06. The molecule has 0 saturated carbocycles. The number of aromatic amines is 1. The second-order valence-electron chi connectivity index (χ2n) is 6.95. The summed E-state index contributed by atoms with van der Waals surface area (Å²) in [5, 5.41) is 9.96. The molecular formula is C21H22FN5O. The lowest BCUT2D eigenvalue weighted by Crippen LogP contribution is -2.34. The SMILES string of the molecule is CNC(=O)c1ccnc(N2CCC(c3[nH]ncc3-c3cccc(F)c3)CC2)c1. The average molecular weight is 379 g/mol. The van der Waals surface area contributed by atoms with E-state index in [2.05, 4.69) is 25.4 Å². The number of H-pyrrole nitrogens is 1. The Morgan fingerprint density at radius 3 is 2.82 bits per heavy atom. The Morgan fingerprint density at radius 2 is 2.07 bits per heavy atom. The third-order valence-corrected chi connectivity index (χ3v) is 5.27. The minimum atomic E-state index is -0.249. The number of nitrogens with one attached hydrogen (secondary N) is 2. The van der Waals surface area contributed by atoms with E-state index >= 15 is 0 Å². The second-order valence-corrected chi connectivity index (χ2v) is 6.95. The predicted molar refractivity (Wildman–Crippen MR) is 106 cm³/mol. The molecule has 0 unspecified atom stereocenters. The first kappa shape index (κ1) is 18.2. The topological polar surface area (TPSA) is 73.9 Å². The Hall–Kier alpha value is -3.22. The van der Waals surface area contributed by atoms with Crippen molar-refractivity contribution in [2.75, 3.05) is 25.0 Å². The minimum Gasteiger partial charge on any atom is -0.357 e. The third-order valence-electron chi connectivity index (χ3n) is 5.27. The zero-order valence-electron chi connectivity index (χ0n) is 15.7. The lowest BCUT2D eigenvalue weighted by atomic mass is 9.89. The summed E-state index contributed by atoms with van der Waals surface area (Å²) in [6.07, 6.45) is 5.29. The van der Waals surface area contributed by atoms with Crippen LogP contribution in [0.15, 0.2) is 48.8 Å². The van der Waals surface area contributed by atoms with Gasteiger partial charge in [-0.3, -0.25) is 9.89 Å². The van der Waals surface area contributed by atoms with Gasteiger partial charge in [-0.05, 0) is 42.7 Å². The number of anilines is 1. The lowest BCUT2D eigenvalue weighted by Gasteiger charge is -2.33. The number of amides is 1. The third kappa shape index (κ3) is 3.60. The Labute approximate surface area is 162 Å². The zero-order valence-corrected chi connectivity index (χ0v) is 15.7. The van der Waals surface area contributed by atoms with Gasteiger partial charge in [0.15, 0.2) is 0 Å². The Morgan fingerprint density at radius 1 is 1.25 bits per heavy atom. The molecule has 1 aromatic carbocycles. The monoisotopic (exact) mass is 379 g/mol. The van der Waals surface area contributed by atoms with Crippen molar-refractivity contribution in [1.29, 1.82) is 0 Å². The first-order valence-corrected chi connectivity index (χ1v) is 9.38. The van der Waals surface area contributed by atoms with Crippen LogP contribution in [0.25, 0.3) is 11.1 Å². The number of rotatable bonds is 4. The summed E-state index contributed by atoms with van der Waals surface area (Å²) in [5.41, 5.74) is 3.46. The molecule has 0 radical (unpaired) electrons. The van der Waals surface area contributed by atoms with Crippen LogP contribution in [0.4, 0.5) is 10.2 Å². The zero-order chi connectivity index (χ0) is 19.5. The summed E-state index contributed by atoms with van der Waals surface area (Å²) in [5.74, 6) is 0.769. The van der Waals surface area contributed by atoms with Crippen LogP contribution >= 0.6 is 0 Å². The van der Waals surface area contributed by atoms with Crippen molar-refractivity contribution >= 4 is 11.7 Å². The number of pyridine rings is 1. The lowest BCUT2D eigenvalue weighted by molar-refractivity contribution is 0.0963. The highest BCUT2D eigenvalue weighted by atomic mass is 19.1. The van der Waals surface area contributed by atoms with E-state index in [-0.39, 0.29) is 11.7 Å². The maximum absolute atomic E-state index is 13.6. The standard InChI is InChI=1S/C21H22FN5O/c1-23-21(28)16-5-8-24-19(12-16)27-9-6-14(7-10-27)20-18(13-25-26-20)15-3-2-4-17(22)11-15/h2-5,8,11-14H,6-7,9-10H2,1H3,(H,23,28)(H,25,26). The number of carbonyl (C=O) groups excluding carboxylic acids is 1. The van der Waals surface area contributed by atoms with Crippen LogP contribution in [-0.2, 0) is 0 Å². The van der Waals surface area contributed by atoms with Gasteiger partial charge in [0.25, 0.3) is 5.91 Å². The second kappa shape index (κ2) is 7.80. The molecule has 1 amide bonds. The normalized spacial score (nSPS) is 14.9. The molecule has 28 heavy (non-hydrogen) atoms. The number of aromatic nitrogens is 3. The van der Waals surface area contributed by atoms with E-state index in [1.807, 2.05) is 12.1 Å². The van der Waals surface area contributed by atoms with E-state index in [9.17, 15) is 9.18 Å². The molecule has 3 heterocycles. The molecule has 0 spiro atoms. The van der Waals surface area contributed by atoms with E-state index < -0.39 is 0 Å². The highest BCUT2D eigenvalue weighted by Gasteiger charge is 2.25. The van der Waals surface area contributed by atoms with E-state index in [0.29, 0.717) is 11.5 Å². The van der Waals surface area contributed by atoms with Gasteiger partial charge >= 0.3 is 0 Å². The van der Waals surface area contributed by atoms with E-state index in [0.717, 1.165) is 48.6 Å². The van der Waals surface area contributed by atoms with Crippen LogP contribution in [-0.4, -0.2) is 41.2 Å². The molecule has 2 N–H and O–H groups in total. The number of hydrogen-bond acceptors (Lipinski definition) is 4. The van der Waals surface area contributed by atoms with Gasteiger partial charge in [0, 0.05) is 49.1 Å². The van der Waals surface area contributed by atoms with Crippen molar-refractivity contribution in [2.24, 2.45) is 0 Å². The molecule has 1 aliphatic rings. The molecule has 0 aliphatic carbocycles. The molecule has 144 valence electrons. The number of hydrogen-bond donors (Lipinski definition) is 2. The molecule has 1 saturated heterocycles. The summed E-state index contributed by atoms with van der Waals surface area (Å²) >= 11 is 0. The number of nitrogens with zero attached hydrogens (tertiary/aromatic N) is 3. The van der Waals surface area contributed by atoms with Gasteiger partial charge in [0.2, 0.25) is 0 Å². The first-order chi connectivity index (χ1) is 13.7.